The van der Waals surface area contributed by atoms with Crippen molar-refractivity contribution in [2.75, 3.05) is 13.1 Å². The summed E-state index contributed by atoms with van der Waals surface area (Å²) in [6.45, 7) is 1.68. The minimum atomic E-state index is 0.0937. The maximum atomic E-state index is 8.94. The molecule has 72 valence electrons. The smallest absolute Gasteiger partial charge is 0.0676 e. The molecule has 14 heavy (non-hydrogen) atoms. The Balaban J connectivity index is 2.23. The van der Waals surface area contributed by atoms with Gasteiger partial charge in [-0.3, -0.25) is 0 Å². The number of benzene rings is 1. The highest BCUT2D eigenvalue weighted by Gasteiger charge is 2.27. The molecule has 2 nitrogen and oxygen atoms in total. The van der Waals surface area contributed by atoms with Crippen molar-refractivity contribution in [2.45, 2.75) is 5.92 Å². The fourth-order valence-corrected chi connectivity index (χ4v) is 2.00. The van der Waals surface area contributed by atoms with Gasteiger partial charge in [-0.2, -0.15) is 5.26 Å². The molecule has 3 heteroatoms. The van der Waals surface area contributed by atoms with Gasteiger partial charge >= 0.3 is 0 Å². The normalized spacial score (nSPS) is 26.0. The first-order valence-corrected chi connectivity index (χ1v) is 5.05. The molecular formula is C11H11ClN2. The molecule has 1 saturated heterocycles. The van der Waals surface area contributed by atoms with E-state index < -0.39 is 0 Å². The van der Waals surface area contributed by atoms with E-state index >= 15 is 0 Å². The SMILES string of the molecule is N#CC1CNCC1c1ccc(Cl)cc1. The highest BCUT2D eigenvalue weighted by atomic mass is 35.5. The van der Waals surface area contributed by atoms with Crippen molar-refractivity contribution in [3.63, 3.8) is 0 Å². The molecular weight excluding hydrogens is 196 g/mol. The Morgan fingerprint density at radius 1 is 1.29 bits per heavy atom. The number of nitriles is 1. The quantitative estimate of drug-likeness (QED) is 0.765. The summed E-state index contributed by atoms with van der Waals surface area (Å²) in [4.78, 5) is 0. The Hall–Kier alpha value is -1.04. The number of rotatable bonds is 1. The molecule has 0 amide bonds. The molecule has 1 fully saturated rings. The predicted molar refractivity (Wildman–Crippen MR) is 56.2 cm³/mol. The van der Waals surface area contributed by atoms with E-state index in [1.165, 1.54) is 5.56 Å². The Kier molecular flexibility index (Phi) is 2.72. The van der Waals surface area contributed by atoms with Gasteiger partial charge in [-0.15, -0.1) is 0 Å². The standard InChI is InChI=1S/C11H11ClN2/c12-10-3-1-8(2-4-10)11-7-14-6-9(11)5-13/h1-4,9,11,14H,6-7H2. The van der Waals surface area contributed by atoms with Crippen LogP contribution in [0, 0.1) is 17.2 Å². The van der Waals surface area contributed by atoms with Crippen LogP contribution < -0.4 is 5.32 Å². The van der Waals surface area contributed by atoms with Crippen LogP contribution in [-0.4, -0.2) is 13.1 Å². The molecule has 0 saturated carbocycles. The average molecular weight is 207 g/mol. The molecule has 2 rings (SSSR count). The molecule has 0 aliphatic carbocycles. The first-order chi connectivity index (χ1) is 6.81. The van der Waals surface area contributed by atoms with Crippen LogP contribution in [0.25, 0.3) is 0 Å². The van der Waals surface area contributed by atoms with E-state index in [4.69, 9.17) is 16.9 Å². The maximum absolute atomic E-state index is 8.94. The van der Waals surface area contributed by atoms with Gasteiger partial charge < -0.3 is 5.32 Å². The largest absolute Gasteiger partial charge is 0.315 e. The lowest BCUT2D eigenvalue weighted by Crippen LogP contribution is -2.08. The minimum absolute atomic E-state index is 0.0937. The molecule has 0 spiro atoms. The molecule has 1 heterocycles. The van der Waals surface area contributed by atoms with Crippen molar-refractivity contribution in [1.29, 1.82) is 5.26 Å². The van der Waals surface area contributed by atoms with Gasteiger partial charge in [-0.05, 0) is 17.7 Å². The van der Waals surface area contributed by atoms with E-state index in [1.807, 2.05) is 24.3 Å². The number of hydrogen-bond acceptors (Lipinski definition) is 2. The fraction of sp³-hybridized carbons (Fsp3) is 0.364. The number of nitrogens with zero attached hydrogens (tertiary/aromatic N) is 1. The molecule has 0 aromatic heterocycles. The van der Waals surface area contributed by atoms with Gasteiger partial charge in [0.15, 0.2) is 0 Å². The molecule has 1 aliphatic rings. The summed E-state index contributed by atoms with van der Waals surface area (Å²) in [5, 5.41) is 12.9. The van der Waals surface area contributed by atoms with Crippen molar-refractivity contribution in [3.8, 4) is 6.07 Å². The molecule has 2 unspecified atom stereocenters. The summed E-state index contributed by atoms with van der Waals surface area (Å²) < 4.78 is 0. The second-order valence-electron chi connectivity index (χ2n) is 3.55. The Labute approximate surface area is 88.5 Å². The highest BCUT2D eigenvalue weighted by molar-refractivity contribution is 6.30. The molecule has 1 aromatic carbocycles. The lowest BCUT2D eigenvalue weighted by Gasteiger charge is -2.12. The molecule has 1 aromatic rings. The van der Waals surface area contributed by atoms with Crippen LogP contribution in [0.2, 0.25) is 5.02 Å². The van der Waals surface area contributed by atoms with Crippen LogP contribution in [0.3, 0.4) is 0 Å². The third kappa shape index (κ3) is 1.75. The van der Waals surface area contributed by atoms with Crippen molar-refractivity contribution < 1.29 is 0 Å². The number of hydrogen-bond donors (Lipinski definition) is 1. The average Bonchev–Trinajstić information content (AvgIpc) is 2.67. The van der Waals surface area contributed by atoms with Crippen LogP contribution >= 0.6 is 11.6 Å². The molecule has 0 bridgehead atoms. The van der Waals surface area contributed by atoms with Gasteiger partial charge in [0, 0.05) is 24.0 Å². The van der Waals surface area contributed by atoms with Gasteiger partial charge in [-0.1, -0.05) is 23.7 Å². The predicted octanol–water partition coefficient (Wildman–Crippen LogP) is 2.17. The van der Waals surface area contributed by atoms with Gasteiger partial charge in [0.2, 0.25) is 0 Å². The fourth-order valence-electron chi connectivity index (χ4n) is 1.87. The Morgan fingerprint density at radius 3 is 2.64 bits per heavy atom. The van der Waals surface area contributed by atoms with Gasteiger partial charge in [0.05, 0.1) is 12.0 Å². The van der Waals surface area contributed by atoms with E-state index in [0.29, 0.717) is 5.92 Å². The third-order valence-corrected chi connectivity index (χ3v) is 2.93. The second-order valence-corrected chi connectivity index (χ2v) is 3.99. The zero-order chi connectivity index (χ0) is 9.97. The van der Waals surface area contributed by atoms with E-state index in [0.717, 1.165) is 18.1 Å². The first kappa shape index (κ1) is 9.51. The minimum Gasteiger partial charge on any atom is -0.315 e. The Bertz CT molecular complexity index is 353. The van der Waals surface area contributed by atoms with Crippen LogP contribution in [0.1, 0.15) is 11.5 Å². The van der Waals surface area contributed by atoms with E-state index in [-0.39, 0.29) is 5.92 Å². The zero-order valence-corrected chi connectivity index (χ0v) is 8.46. The lowest BCUT2D eigenvalue weighted by molar-refractivity contribution is 0.646. The molecule has 1 aliphatic heterocycles. The third-order valence-electron chi connectivity index (χ3n) is 2.68. The van der Waals surface area contributed by atoms with Crippen LogP contribution in [0.4, 0.5) is 0 Å². The summed E-state index contributed by atoms with van der Waals surface area (Å²) in [6.07, 6.45) is 0. The molecule has 0 radical (unpaired) electrons. The highest BCUT2D eigenvalue weighted by Crippen LogP contribution is 2.28. The second kappa shape index (κ2) is 4.00. The molecule has 2 atom stereocenters. The monoisotopic (exact) mass is 206 g/mol. The van der Waals surface area contributed by atoms with E-state index in [2.05, 4.69) is 11.4 Å². The van der Waals surface area contributed by atoms with Crippen LogP contribution in [0.5, 0.6) is 0 Å². The lowest BCUT2D eigenvalue weighted by atomic mass is 9.90. The van der Waals surface area contributed by atoms with E-state index in [9.17, 15) is 0 Å². The maximum Gasteiger partial charge on any atom is 0.0676 e. The van der Waals surface area contributed by atoms with Gasteiger partial charge in [0.25, 0.3) is 0 Å². The number of halogens is 1. The number of nitrogens with one attached hydrogen (secondary N) is 1. The summed E-state index contributed by atoms with van der Waals surface area (Å²) in [6, 6.07) is 10.1. The first-order valence-electron chi connectivity index (χ1n) is 4.67. The summed E-state index contributed by atoms with van der Waals surface area (Å²) in [7, 11) is 0. The topological polar surface area (TPSA) is 35.8 Å². The van der Waals surface area contributed by atoms with Crippen molar-refractivity contribution in [3.05, 3.63) is 34.9 Å². The van der Waals surface area contributed by atoms with Crippen LogP contribution in [0.15, 0.2) is 24.3 Å². The van der Waals surface area contributed by atoms with Crippen LogP contribution in [-0.2, 0) is 0 Å². The van der Waals surface area contributed by atoms with Gasteiger partial charge in [0.1, 0.15) is 0 Å². The van der Waals surface area contributed by atoms with Crippen molar-refractivity contribution in [1.82, 2.24) is 5.32 Å². The summed E-state index contributed by atoms with van der Waals surface area (Å²) in [5.74, 6) is 0.411. The van der Waals surface area contributed by atoms with Gasteiger partial charge in [-0.25, -0.2) is 0 Å². The zero-order valence-electron chi connectivity index (χ0n) is 7.70. The van der Waals surface area contributed by atoms with Crippen molar-refractivity contribution >= 4 is 11.6 Å². The summed E-state index contributed by atoms with van der Waals surface area (Å²) in [5.41, 5.74) is 1.20. The molecule has 1 N–H and O–H groups in total. The van der Waals surface area contributed by atoms with Crippen molar-refractivity contribution in [2.24, 2.45) is 5.92 Å². The Morgan fingerprint density at radius 2 is 2.00 bits per heavy atom. The van der Waals surface area contributed by atoms with E-state index in [1.54, 1.807) is 0 Å². The summed E-state index contributed by atoms with van der Waals surface area (Å²) >= 11 is 5.81.